The molecule has 6 heteroatoms. The van der Waals surface area contributed by atoms with Crippen LogP contribution in [0.2, 0.25) is 0 Å². The van der Waals surface area contributed by atoms with Gasteiger partial charge in [0.05, 0.1) is 12.8 Å². The SMILES string of the molecule is COc1ccccc1-c1cc2nc(CCN)cc(=O)n2[nH]1. The molecular weight excluding hydrogens is 268 g/mol. The van der Waals surface area contributed by atoms with Crippen molar-refractivity contribution in [1.82, 2.24) is 14.6 Å². The Kier molecular flexibility index (Phi) is 3.45. The van der Waals surface area contributed by atoms with Gasteiger partial charge >= 0.3 is 0 Å². The van der Waals surface area contributed by atoms with Gasteiger partial charge in [-0.25, -0.2) is 9.50 Å². The molecule has 3 rings (SSSR count). The minimum absolute atomic E-state index is 0.149. The van der Waals surface area contributed by atoms with E-state index in [0.29, 0.717) is 24.3 Å². The summed E-state index contributed by atoms with van der Waals surface area (Å²) in [5.74, 6) is 0.735. The fourth-order valence-electron chi connectivity index (χ4n) is 2.32. The van der Waals surface area contributed by atoms with E-state index in [1.807, 2.05) is 30.3 Å². The van der Waals surface area contributed by atoms with Crippen LogP contribution in [0.3, 0.4) is 0 Å². The average molecular weight is 284 g/mol. The summed E-state index contributed by atoms with van der Waals surface area (Å²) >= 11 is 0. The standard InChI is InChI=1S/C15H16N4O2/c1-21-13-5-3-2-4-11(13)12-9-14-17-10(6-7-16)8-15(20)19(14)18-12/h2-5,8-9,18H,6-7,16H2,1H3. The number of methoxy groups -OCH3 is 1. The Morgan fingerprint density at radius 3 is 2.90 bits per heavy atom. The number of fused-ring (bicyclic) bond motifs is 1. The Morgan fingerprint density at radius 1 is 1.33 bits per heavy atom. The molecule has 0 fully saturated rings. The van der Waals surface area contributed by atoms with E-state index in [2.05, 4.69) is 10.1 Å². The predicted molar refractivity (Wildman–Crippen MR) is 80.6 cm³/mol. The number of H-pyrrole nitrogens is 1. The van der Waals surface area contributed by atoms with E-state index < -0.39 is 0 Å². The van der Waals surface area contributed by atoms with Gasteiger partial charge in [-0.15, -0.1) is 0 Å². The second-order valence-electron chi connectivity index (χ2n) is 4.69. The molecule has 108 valence electrons. The zero-order valence-corrected chi connectivity index (χ0v) is 11.7. The molecule has 1 aromatic carbocycles. The average Bonchev–Trinajstić information content (AvgIpc) is 2.92. The highest BCUT2D eigenvalue weighted by Crippen LogP contribution is 2.28. The summed E-state index contributed by atoms with van der Waals surface area (Å²) in [7, 11) is 1.62. The molecule has 0 saturated heterocycles. The molecule has 0 amide bonds. The summed E-state index contributed by atoms with van der Waals surface area (Å²) in [6.45, 7) is 0.465. The lowest BCUT2D eigenvalue weighted by atomic mass is 10.1. The fraction of sp³-hybridized carbons (Fsp3) is 0.200. The molecule has 3 N–H and O–H groups in total. The Bertz CT molecular complexity index is 835. The summed E-state index contributed by atoms with van der Waals surface area (Å²) in [5, 5.41) is 3.05. The zero-order chi connectivity index (χ0) is 14.8. The minimum atomic E-state index is -0.149. The van der Waals surface area contributed by atoms with Crippen molar-refractivity contribution >= 4 is 5.65 Å². The van der Waals surface area contributed by atoms with Crippen LogP contribution in [-0.4, -0.2) is 28.3 Å². The van der Waals surface area contributed by atoms with E-state index in [0.717, 1.165) is 17.0 Å². The van der Waals surface area contributed by atoms with E-state index in [1.165, 1.54) is 10.6 Å². The number of rotatable bonds is 4. The van der Waals surface area contributed by atoms with E-state index in [1.54, 1.807) is 7.11 Å². The van der Waals surface area contributed by atoms with E-state index in [4.69, 9.17) is 10.5 Å². The number of aromatic nitrogens is 3. The highest BCUT2D eigenvalue weighted by atomic mass is 16.5. The van der Waals surface area contributed by atoms with Gasteiger partial charge in [-0.3, -0.25) is 9.89 Å². The summed E-state index contributed by atoms with van der Waals surface area (Å²) in [4.78, 5) is 16.5. The lowest BCUT2D eigenvalue weighted by Crippen LogP contribution is -2.17. The van der Waals surface area contributed by atoms with Crippen molar-refractivity contribution in [1.29, 1.82) is 0 Å². The first-order valence-electron chi connectivity index (χ1n) is 6.68. The van der Waals surface area contributed by atoms with Crippen molar-refractivity contribution in [3.05, 3.63) is 52.4 Å². The maximum atomic E-state index is 12.1. The molecule has 0 radical (unpaired) electrons. The molecule has 0 unspecified atom stereocenters. The first-order valence-corrected chi connectivity index (χ1v) is 6.68. The Morgan fingerprint density at radius 2 is 2.14 bits per heavy atom. The van der Waals surface area contributed by atoms with Crippen molar-refractivity contribution in [3.8, 4) is 17.0 Å². The number of hydrogen-bond donors (Lipinski definition) is 2. The Labute approximate surface area is 121 Å². The second-order valence-corrected chi connectivity index (χ2v) is 4.69. The number of benzene rings is 1. The number of nitrogens with two attached hydrogens (primary N) is 1. The van der Waals surface area contributed by atoms with E-state index in [-0.39, 0.29) is 5.56 Å². The van der Waals surface area contributed by atoms with Crippen LogP contribution < -0.4 is 16.0 Å². The van der Waals surface area contributed by atoms with Crippen LogP contribution >= 0.6 is 0 Å². The molecule has 2 aromatic heterocycles. The molecule has 0 aliphatic rings. The smallest absolute Gasteiger partial charge is 0.272 e. The van der Waals surface area contributed by atoms with Gasteiger partial charge in [0, 0.05) is 29.8 Å². The zero-order valence-electron chi connectivity index (χ0n) is 11.7. The van der Waals surface area contributed by atoms with Gasteiger partial charge < -0.3 is 10.5 Å². The Balaban J connectivity index is 2.17. The third kappa shape index (κ3) is 2.41. The van der Waals surface area contributed by atoms with Crippen molar-refractivity contribution < 1.29 is 4.74 Å². The van der Waals surface area contributed by atoms with Crippen molar-refractivity contribution in [2.24, 2.45) is 5.73 Å². The van der Waals surface area contributed by atoms with Gasteiger partial charge in [0.25, 0.3) is 5.56 Å². The van der Waals surface area contributed by atoms with E-state index >= 15 is 0 Å². The second kappa shape index (κ2) is 5.41. The van der Waals surface area contributed by atoms with Crippen LogP contribution in [0, 0.1) is 0 Å². The Hall–Kier alpha value is -2.60. The van der Waals surface area contributed by atoms with Gasteiger partial charge in [0.2, 0.25) is 0 Å². The first-order chi connectivity index (χ1) is 10.2. The number of nitrogens with one attached hydrogen (secondary N) is 1. The van der Waals surface area contributed by atoms with E-state index in [9.17, 15) is 4.79 Å². The van der Waals surface area contributed by atoms with Gasteiger partial charge in [-0.2, -0.15) is 0 Å². The maximum absolute atomic E-state index is 12.1. The van der Waals surface area contributed by atoms with Crippen LogP contribution in [0.15, 0.2) is 41.2 Å². The monoisotopic (exact) mass is 284 g/mol. The third-order valence-corrected chi connectivity index (χ3v) is 3.30. The van der Waals surface area contributed by atoms with Crippen molar-refractivity contribution in [2.45, 2.75) is 6.42 Å². The van der Waals surface area contributed by atoms with Gasteiger partial charge in [-0.1, -0.05) is 12.1 Å². The normalized spacial score (nSPS) is 11.0. The summed E-state index contributed by atoms with van der Waals surface area (Å²) in [6.07, 6.45) is 0.584. The van der Waals surface area contributed by atoms with Crippen LogP contribution in [0.4, 0.5) is 0 Å². The van der Waals surface area contributed by atoms with Crippen molar-refractivity contribution in [3.63, 3.8) is 0 Å². The molecule has 3 aromatic rings. The highest BCUT2D eigenvalue weighted by Gasteiger charge is 2.10. The number of ether oxygens (including phenoxy) is 1. The highest BCUT2D eigenvalue weighted by molar-refractivity contribution is 5.70. The topological polar surface area (TPSA) is 85.4 Å². The summed E-state index contributed by atoms with van der Waals surface area (Å²) in [6, 6.07) is 10.9. The lowest BCUT2D eigenvalue weighted by Gasteiger charge is -2.05. The van der Waals surface area contributed by atoms with Gasteiger partial charge in [0.15, 0.2) is 5.65 Å². The number of aromatic amines is 1. The van der Waals surface area contributed by atoms with Gasteiger partial charge in [0.1, 0.15) is 5.75 Å². The molecule has 0 aliphatic carbocycles. The molecule has 0 aliphatic heterocycles. The van der Waals surface area contributed by atoms with Crippen LogP contribution in [0.25, 0.3) is 16.9 Å². The van der Waals surface area contributed by atoms with Crippen LogP contribution in [0.5, 0.6) is 5.75 Å². The largest absolute Gasteiger partial charge is 0.496 e. The molecule has 21 heavy (non-hydrogen) atoms. The quantitative estimate of drug-likeness (QED) is 0.754. The number of para-hydroxylation sites is 1. The number of nitrogens with zero attached hydrogens (tertiary/aromatic N) is 2. The first kappa shape index (κ1) is 13.4. The fourth-order valence-corrected chi connectivity index (χ4v) is 2.32. The molecule has 0 spiro atoms. The third-order valence-electron chi connectivity index (χ3n) is 3.30. The van der Waals surface area contributed by atoms with Crippen molar-refractivity contribution in [2.75, 3.05) is 13.7 Å². The lowest BCUT2D eigenvalue weighted by molar-refractivity contribution is 0.416. The molecule has 0 bridgehead atoms. The molecule has 6 nitrogen and oxygen atoms in total. The van der Waals surface area contributed by atoms with Crippen LogP contribution in [0.1, 0.15) is 5.69 Å². The predicted octanol–water partition coefficient (Wildman–Crippen LogP) is 1.20. The molecule has 2 heterocycles. The number of hydrogen-bond acceptors (Lipinski definition) is 4. The van der Waals surface area contributed by atoms with Gasteiger partial charge in [-0.05, 0) is 18.7 Å². The minimum Gasteiger partial charge on any atom is -0.496 e. The molecule has 0 saturated carbocycles. The maximum Gasteiger partial charge on any atom is 0.272 e. The summed E-state index contributed by atoms with van der Waals surface area (Å²) < 4.78 is 6.76. The summed E-state index contributed by atoms with van der Waals surface area (Å²) in [5.41, 5.74) is 8.30. The molecular formula is C15H16N4O2. The molecule has 0 atom stereocenters. The van der Waals surface area contributed by atoms with Crippen LogP contribution in [-0.2, 0) is 6.42 Å².